The van der Waals surface area contributed by atoms with Crippen molar-refractivity contribution in [3.05, 3.63) is 0 Å². The topological polar surface area (TPSA) is 15.3 Å². The van der Waals surface area contributed by atoms with Crippen LogP contribution in [0.1, 0.15) is 52.4 Å². The van der Waals surface area contributed by atoms with E-state index < -0.39 is 0 Å². The largest absolute Gasteiger partial charge is 0.314 e. The zero-order valence-corrected chi connectivity index (χ0v) is 11.0. The first kappa shape index (κ1) is 12.4. The molecule has 0 aromatic rings. The van der Waals surface area contributed by atoms with Crippen molar-refractivity contribution in [2.24, 2.45) is 5.92 Å². The predicted molar refractivity (Wildman–Crippen MR) is 69.7 cm³/mol. The molecule has 1 saturated heterocycles. The van der Waals surface area contributed by atoms with Crippen molar-refractivity contribution in [1.82, 2.24) is 10.2 Å². The fourth-order valence-corrected chi connectivity index (χ4v) is 3.08. The summed E-state index contributed by atoms with van der Waals surface area (Å²) in [5.74, 6) is 0.931. The molecule has 2 aliphatic rings. The number of nitrogens with one attached hydrogen (secondary N) is 1. The van der Waals surface area contributed by atoms with E-state index in [9.17, 15) is 0 Å². The molecule has 1 aliphatic heterocycles. The second-order valence-corrected chi connectivity index (χ2v) is 5.92. The first-order valence-corrected chi connectivity index (χ1v) is 7.25. The van der Waals surface area contributed by atoms with Crippen molar-refractivity contribution in [3.63, 3.8) is 0 Å². The molecule has 2 fully saturated rings. The van der Waals surface area contributed by atoms with Gasteiger partial charge in [-0.25, -0.2) is 0 Å². The average Bonchev–Trinajstić information content (AvgIpc) is 2.44. The number of likely N-dealkylation sites (tertiary alicyclic amines) is 1. The Morgan fingerprint density at radius 3 is 2.25 bits per heavy atom. The molecular formula is C14H28N2. The van der Waals surface area contributed by atoms with E-state index in [4.69, 9.17) is 0 Å². The SMILES string of the molecule is CC(C)NCC1CCC1N1CCCCCC1. The molecule has 1 heterocycles. The molecule has 16 heavy (non-hydrogen) atoms. The smallest absolute Gasteiger partial charge is 0.0136 e. The zero-order valence-electron chi connectivity index (χ0n) is 11.0. The minimum Gasteiger partial charge on any atom is -0.314 e. The van der Waals surface area contributed by atoms with Crippen molar-refractivity contribution in [2.45, 2.75) is 64.5 Å². The molecule has 1 N–H and O–H groups in total. The van der Waals surface area contributed by atoms with Crippen LogP contribution in [0.4, 0.5) is 0 Å². The minimum absolute atomic E-state index is 0.644. The average molecular weight is 224 g/mol. The highest BCUT2D eigenvalue weighted by Gasteiger charge is 2.34. The summed E-state index contributed by atoms with van der Waals surface area (Å²) in [6.45, 7) is 8.46. The van der Waals surface area contributed by atoms with Crippen LogP contribution in [0.25, 0.3) is 0 Å². The summed E-state index contributed by atoms with van der Waals surface area (Å²) in [5.41, 5.74) is 0. The van der Waals surface area contributed by atoms with Crippen LogP contribution in [0.3, 0.4) is 0 Å². The van der Waals surface area contributed by atoms with Crippen molar-refractivity contribution in [2.75, 3.05) is 19.6 Å². The van der Waals surface area contributed by atoms with Crippen LogP contribution in [-0.2, 0) is 0 Å². The van der Waals surface area contributed by atoms with E-state index in [0.29, 0.717) is 6.04 Å². The lowest BCUT2D eigenvalue weighted by molar-refractivity contribution is 0.0635. The third-order valence-electron chi connectivity index (χ3n) is 4.28. The lowest BCUT2D eigenvalue weighted by Gasteiger charge is -2.44. The van der Waals surface area contributed by atoms with Gasteiger partial charge in [0.05, 0.1) is 0 Å². The summed E-state index contributed by atoms with van der Waals surface area (Å²) in [7, 11) is 0. The van der Waals surface area contributed by atoms with Crippen LogP contribution in [0, 0.1) is 5.92 Å². The van der Waals surface area contributed by atoms with Gasteiger partial charge < -0.3 is 10.2 Å². The number of hydrogen-bond donors (Lipinski definition) is 1. The molecule has 2 heteroatoms. The van der Waals surface area contributed by atoms with Crippen LogP contribution < -0.4 is 5.32 Å². The molecule has 0 aromatic heterocycles. The maximum Gasteiger partial charge on any atom is 0.0136 e. The van der Waals surface area contributed by atoms with Crippen molar-refractivity contribution in [1.29, 1.82) is 0 Å². The van der Waals surface area contributed by atoms with Gasteiger partial charge in [0, 0.05) is 12.1 Å². The molecule has 0 spiro atoms. The molecule has 2 rings (SSSR count). The van der Waals surface area contributed by atoms with Gasteiger partial charge in [0.25, 0.3) is 0 Å². The zero-order chi connectivity index (χ0) is 11.4. The Balaban J connectivity index is 1.75. The molecule has 0 amide bonds. The standard InChI is InChI=1S/C14H28N2/c1-12(2)15-11-13-7-8-14(13)16-9-5-3-4-6-10-16/h12-15H,3-11H2,1-2H3. The van der Waals surface area contributed by atoms with Crippen LogP contribution in [-0.4, -0.2) is 36.6 Å². The fraction of sp³-hybridized carbons (Fsp3) is 1.00. The summed E-state index contributed by atoms with van der Waals surface area (Å²) >= 11 is 0. The van der Waals surface area contributed by atoms with Crippen LogP contribution in [0.2, 0.25) is 0 Å². The van der Waals surface area contributed by atoms with Crippen LogP contribution >= 0.6 is 0 Å². The number of nitrogens with zero attached hydrogens (tertiary/aromatic N) is 1. The number of hydrogen-bond acceptors (Lipinski definition) is 2. The van der Waals surface area contributed by atoms with Gasteiger partial charge in [-0.05, 0) is 51.2 Å². The maximum absolute atomic E-state index is 3.61. The molecular weight excluding hydrogens is 196 g/mol. The van der Waals surface area contributed by atoms with E-state index >= 15 is 0 Å². The van der Waals surface area contributed by atoms with E-state index in [1.54, 1.807) is 0 Å². The third kappa shape index (κ3) is 3.21. The highest BCUT2D eigenvalue weighted by Crippen LogP contribution is 2.33. The number of rotatable bonds is 4. The quantitative estimate of drug-likeness (QED) is 0.790. The monoisotopic (exact) mass is 224 g/mol. The predicted octanol–water partition coefficient (Wildman–Crippen LogP) is 2.64. The van der Waals surface area contributed by atoms with E-state index in [2.05, 4.69) is 24.1 Å². The Kier molecular flexibility index (Phi) is 4.66. The highest BCUT2D eigenvalue weighted by atomic mass is 15.2. The van der Waals surface area contributed by atoms with E-state index in [1.165, 1.54) is 58.2 Å². The molecule has 2 atom stereocenters. The Morgan fingerprint density at radius 2 is 1.75 bits per heavy atom. The molecule has 0 bridgehead atoms. The summed E-state index contributed by atoms with van der Waals surface area (Å²) in [6.07, 6.45) is 8.67. The maximum atomic E-state index is 3.61. The van der Waals surface area contributed by atoms with Gasteiger partial charge in [0.15, 0.2) is 0 Å². The van der Waals surface area contributed by atoms with E-state index in [0.717, 1.165) is 12.0 Å². The van der Waals surface area contributed by atoms with Gasteiger partial charge in [-0.3, -0.25) is 0 Å². The molecule has 0 aromatic carbocycles. The molecule has 94 valence electrons. The van der Waals surface area contributed by atoms with Crippen LogP contribution in [0.15, 0.2) is 0 Å². The summed E-state index contributed by atoms with van der Waals surface area (Å²) in [6, 6.07) is 1.55. The molecule has 2 unspecified atom stereocenters. The Labute approximate surface area is 101 Å². The van der Waals surface area contributed by atoms with Gasteiger partial charge in [-0.2, -0.15) is 0 Å². The van der Waals surface area contributed by atoms with Crippen molar-refractivity contribution >= 4 is 0 Å². The molecule has 1 aliphatic carbocycles. The molecule has 1 saturated carbocycles. The minimum atomic E-state index is 0.644. The molecule has 0 radical (unpaired) electrons. The highest BCUT2D eigenvalue weighted by molar-refractivity contribution is 4.90. The summed E-state index contributed by atoms with van der Waals surface area (Å²) in [5, 5.41) is 3.61. The van der Waals surface area contributed by atoms with Crippen molar-refractivity contribution < 1.29 is 0 Å². The first-order chi connectivity index (χ1) is 7.77. The van der Waals surface area contributed by atoms with Gasteiger partial charge in [0.1, 0.15) is 0 Å². The summed E-state index contributed by atoms with van der Waals surface area (Å²) in [4.78, 5) is 2.78. The second kappa shape index (κ2) is 6.02. The van der Waals surface area contributed by atoms with Crippen LogP contribution in [0.5, 0.6) is 0 Å². The Morgan fingerprint density at radius 1 is 1.06 bits per heavy atom. The lowest BCUT2D eigenvalue weighted by Crippen LogP contribution is -2.51. The lowest BCUT2D eigenvalue weighted by atomic mass is 9.78. The second-order valence-electron chi connectivity index (χ2n) is 5.92. The molecule has 2 nitrogen and oxygen atoms in total. The van der Waals surface area contributed by atoms with Gasteiger partial charge in [-0.15, -0.1) is 0 Å². The normalized spacial score (nSPS) is 32.4. The first-order valence-electron chi connectivity index (χ1n) is 7.25. The Hall–Kier alpha value is -0.0800. The van der Waals surface area contributed by atoms with Crippen molar-refractivity contribution in [3.8, 4) is 0 Å². The van der Waals surface area contributed by atoms with Gasteiger partial charge in [-0.1, -0.05) is 26.7 Å². The Bertz CT molecular complexity index is 195. The van der Waals surface area contributed by atoms with Gasteiger partial charge >= 0.3 is 0 Å². The van der Waals surface area contributed by atoms with E-state index in [1.807, 2.05) is 0 Å². The summed E-state index contributed by atoms with van der Waals surface area (Å²) < 4.78 is 0. The van der Waals surface area contributed by atoms with Gasteiger partial charge in [0.2, 0.25) is 0 Å². The van der Waals surface area contributed by atoms with E-state index in [-0.39, 0.29) is 0 Å². The fourth-order valence-electron chi connectivity index (χ4n) is 3.08. The third-order valence-corrected chi connectivity index (χ3v) is 4.28.